The zero-order chi connectivity index (χ0) is 30.5. The Labute approximate surface area is 253 Å². The second-order valence-electron chi connectivity index (χ2n) is 9.39. The van der Waals surface area contributed by atoms with Gasteiger partial charge in [-0.15, -0.1) is 9.24 Å². The Bertz CT molecular complexity index is 1930. The Morgan fingerprint density at radius 1 is 0.628 bits per heavy atom. The van der Waals surface area contributed by atoms with Crippen molar-refractivity contribution >= 4 is 40.2 Å². The van der Waals surface area contributed by atoms with E-state index in [4.69, 9.17) is 13.7 Å². The highest BCUT2D eigenvalue weighted by Crippen LogP contribution is 2.27. The quantitative estimate of drug-likeness (QED) is 0.135. The summed E-state index contributed by atoms with van der Waals surface area (Å²) in [6, 6.07) is 32.8. The fourth-order valence-corrected chi connectivity index (χ4v) is 6.64. The van der Waals surface area contributed by atoms with Crippen molar-refractivity contribution in [3.63, 3.8) is 0 Å². The fourth-order valence-electron chi connectivity index (χ4n) is 4.09. The molecule has 5 aromatic rings. The lowest BCUT2D eigenvalue weighted by Gasteiger charge is -2.11. The molecule has 0 heterocycles. The fraction of sp³-hybridized carbons (Fsp3) is 0.0625. The van der Waals surface area contributed by atoms with E-state index in [9.17, 15) is 16.8 Å². The lowest BCUT2D eigenvalue weighted by atomic mass is 10.2. The van der Waals surface area contributed by atoms with Crippen molar-refractivity contribution in [1.82, 2.24) is 0 Å². The van der Waals surface area contributed by atoms with Gasteiger partial charge in [-0.25, -0.2) is 8.42 Å². The minimum absolute atomic E-state index is 0.0637. The molecule has 0 aliphatic rings. The average molecular weight is 634 g/mol. The smallest absolute Gasteiger partial charge is 0.339 e. The van der Waals surface area contributed by atoms with Gasteiger partial charge in [-0.3, -0.25) is 0 Å². The third-order valence-electron chi connectivity index (χ3n) is 6.35. The molecule has 0 saturated heterocycles. The number of nitrogens with one attached hydrogen (secondary N) is 1. The van der Waals surface area contributed by atoms with Crippen LogP contribution in [0.5, 0.6) is 23.0 Å². The van der Waals surface area contributed by atoms with Crippen LogP contribution in [0.15, 0.2) is 136 Å². The molecule has 220 valence electrons. The minimum Gasteiger partial charge on any atom is -0.497 e. The molecule has 1 unspecified atom stereocenters. The van der Waals surface area contributed by atoms with Crippen LogP contribution < -0.4 is 24.3 Å². The second-order valence-corrected chi connectivity index (χ2v) is 13.6. The van der Waals surface area contributed by atoms with E-state index in [1.165, 1.54) is 42.5 Å². The standard InChI is InChI=1S/C32H28NO7PS2/c1-38-25-12-14-26(15-13-25)39-28-5-2-4-23(20-28)22-33-24-8-10-27(11-9-24)40-43(36,37)32-7-3-6-31(21-32)42(34,35)30-18-16-29(41)17-19-30/h2-21,33H,22,41H2,1H3. The van der Waals surface area contributed by atoms with E-state index in [1.807, 2.05) is 48.5 Å². The number of benzene rings is 5. The zero-order valence-corrected chi connectivity index (χ0v) is 25.8. The molecule has 0 amide bonds. The summed E-state index contributed by atoms with van der Waals surface area (Å²) in [5, 5.41) is 4.12. The SMILES string of the molecule is COc1ccc(Oc2cccc(CNc3ccc(OS(=O)(=O)c4cccc(S(=O)(=O)c5ccc(P)cc5)c4)cc3)c2)cc1. The minimum atomic E-state index is -4.30. The molecule has 1 atom stereocenters. The predicted octanol–water partition coefficient (Wildman–Crippen LogP) is 6.20. The van der Waals surface area contributed by atoms with E-state index in [-0.39, 0.29) is 20.4 Å². The third kappa shape index (κ3) is 7.53. The lowest BCUT2D eigenvalue weighted by Crippen LogP contribution is -2.11. The van der Waals surface area contributed by atoms with Crippen molar-refractivity contribution in [1.29, 1.82) is 0 Å². The van der Waals surface area contributed by atoms with E-state index in [1.54, 1.807) is 31.4 Å². The van der Waals surface area contributed by atoms with Gasteiger partial charge in [0.2, 0.25) is 9.84 Å². The highest BCUT2D eigenvalue weighted by atomic mass is 32.2. The van der Waals surface area contributed by atoms with E-state index in [2.05, 4.69) is 14.6 Å². The maximum absolute atomic E-state index is 13.0. The monoisotopic (exact) mass is 633 g/mol. The Morgan fingerprint density at radius 2 is 1.26 bits per heavy atom. The number of methoxy groups -OCH3 is 1. The van der Waals surface area contributed by atoms with E-state index in [0.717, 1.165) is 28.4 Å². The van der Waals surface area contributed by atoms with Crippen LogP contribution >= 0.6 is 9.24 Å². The summed E-state index contributed by atoms with van der Waals surface area (Å²) in [6.45, 7) is 0.499. The molecule has 0 spiro atoms. The van der Waals surface area contributed by atoms with Gasteiger partial charge in [0.1, 0.15) is 27.9 Å². The normalized spacial score (nSPS) is 11.5. The molecule has 8 nitrogen and oxygen atoms in total. The van der Waals surface area contributed by atoms with Crippen molar-refractivity contribution in [3.8, 4) is 23.0 Å². The van der Waals surface area contributed by atoms with Gasteiger partial charge in [0, 0.05) is 12.2 Å². The molecule has 5 rings (SSSR count). The molecule has 0 aliphatic carbocycles. The molecule has 0 bridgehead atoms. The summed E-state index contributed by atoms with van der Waals surface area (Å²) < 4.78 is 68.5. The molecule has 0 saturated carbocycles. The largest absolute Gasteiger partial charge is 0.497 e. The first-order valence-electron chi connectivity index (χ1n) is 13.0. The van der Waals surface area contributed by atoms with Gasteiger partial charge in [-0.2, -0.15) is 8.42 Å². The van der Waals surface area contributed by atoms with Gasteiger partial charge >= 0.3 is 10.1 Å². The second kappa shape index (κ2) is 12.9. The van der Waals surface area contributed by atoms with Crippen LogP contribution in [0.3, 0.4) is 0 Å². The van der Waals surface area contributed by atoms with Crippen LogP contribution in [0, 0.1) is 0 Å². The van der Waals surface area contributed by atoms with Crippen LogP contribution in [-0.4, -0.2) is 23.9 Å². The maximum atomic E-state index is 13.0. The molecule has 1 N–H and O–H groups in total. The zero-order valence-electron chi connectivity index (χ0n) is 23.0. The van der Waals surface area contributed by atoms with Crippen molar-refractivity contribution in [2.45, 2.75) is 21.2 Å². The predicted molar refractivity (Wildman–Crippen MR) is 169 cm³/mol. The van der Waals surface area contributed by atoms with E-state index in [0.29, 0.717) is 18.0 Å². The average Bonchev–Trinajstić information content (AvgIpc) is 3.01. The van der Waals surface area contributed by atoms with Crippen LogP contribution in [0.4, 0.5) is 5.69 Å². The summed E-state index contributed by atoms with van der Waals surface area (Å²) in [5.74, 6) is 2.21. The number of anilines is 1. The highest BCUT2D eigenvalue weighted by molar-refractivity contribution is 7.91. The summed E-state index contributed by atoms with van der Waals surface area (Å²) in [4.78, 5) is -0.351. The highest BCUT2D eigenvalue weighted by Gasteiger charge is 2.23. The lowest BCUT2D eigenvalue weighted by molar-refractivity contribution is 0.413. The first-order valence-corrected chi connectivity index (χ1v) is 16.5. The summed E-state index contributed by atoms with van der Waals surface area (Å²) in [7, 11) is -4.12. The molecule has 0 fully saturated rings. The Hall–Kier alpha value is -4.37. The third-order valence-corrected chi connectivity index (χ3v) is 9.74. The molecule has 0 aliphatic heterocycles. The first kappa shape index (κ1) is 30.1. The molecule has 11 heteroatoms. The van der Waals surface area contributed by atoms with Gasteiger partial charge < -0.3 is 19.0 Å². The van der Waals surface area contributed by atoms with Crippen molar-refractivity contribution in [2.75, 3.05) is 12.4 Å². The molecule has 5 aromatic carbocycles. The molecule has 43 heavy (non-hydrogen) atoms. The van der Waals surface area contributed by atoms with Crippen LogP contribution in [-0.2, 0) is 26.5 Å². The molecule has 0 radical (unpaired) electrons. The van der Waals surface area contributed by atoms with Crippen LogP contribution in [0.2, 0.25) is 0 Å². The van der Waals surface area contributed by atoms with Gasteiger partial charge in [0.25, 0.3) is 0 Å². The van der Waals surface area contributed by atoms with Crippen LogP contribution in [0.1, 0.15) is 5.56 Å². The molecular weight excluding hydrogens is 605 g/mol. The summed E-state index contributed by atoms with van der Waals surface area (Å²) in [5.41, 5.74) is 1.73. The Kier molecular flexibility index (Phi) is 9.01. The molecule has 0 aromatic heterocycles. The number of ether oxygens (including phenoxy) is 2. The van der Waals surface area contributed by atoms with Crippen LogP contribution in [0.25, 0.3) is 0 Å². The maximum Gasteiger partial charge on any atom is 0.339 e. The van der Waals surface area contributed by atoms with Crippen molar-refractivity contribution in [3.05, 3.63) is 127 Å². The summed E-state index contributed by atoms with van der Waals surface area (Å²) in [6.07, 6.45) is 0. The van der Waals surface area contributed by atoms with Gasteiger partial charge in [-0.05, 0) is 102 Å². The number of hydrogen-bond acceptors (Lipinski definition) is 8. The van der Waals surface area contributed by atoms with Crippen molar-refractivity contribution < 1.29 is 30.5 Å². The Morgan fingerprint density at radius 3 is 1.95 bits per heavy atom. The van der Waals surface area contributed by atoms with E-state index >= 15 is 0 Å². The summed E-state index contributed by atoms with van der Waals surface area (Å²) >= 11 is 0. The van der Waals surface area contributed by atoms with Crippen molar-refractivity contribution in [2.24, 2.45) is 0 Å². The first-order chi connectivity index (χ1) is 20.6. The van der Waals surface area contributed by atoms with Gasteiger partial charge in [-0.1, -0.05) is 30.3 Å². The van der Waals surface area contributed by atoms with E-state index < -0.39 is 20.0 Å². The van der Waals surface area contributed by atoms with Gasteiger partial charge in [0.15, 0.2) is 0 Å². The Balaban J connectivity index is 1.22. The number of rotatable bonds is 11. The van der Waals surface area contributed by atoms with Gasteiger partial charge in [0.05, 0.1) is 16.9 Å². The molecular formula is C32H28NO7PS2. The number of hydrogen-bond donors (Lipinski definition) is 1. The topological polar surface area (TPSA) is 108 Å². The number of sulfone groups is 1.